The molecule has 0 aromatic carbocycles. The Morgan fingerprint density at radius 3 is 2.73 bits per heavy atom. The summed E-state index contributed by atoms with van der Waals surface area (Å²) in [4.78, 5) is 13.2. The lowest BCUT2D eigenvalue weighted by Gasteiger charge is -2.39. The summed E-state index contributed by atoms with van der Waals surface area (Å²) in [7, 11) is 1.87. The molecule has 0 spiro atoms. The standard InChI is InChI=1S/C11H19NO3/c1-11(7-10-14-5-6-15-10)4-3-9(13)12(2)8-11/h10H,3-8H2,1-2H3. The number of carbonyl (C=O) groups is 1. The van der Waals surface area contributed by atoms with Crippen LogP contribution in [0.3, 0.4) is 0 Å². The fourth-order valence-corrected chi connectivity index (χ4v) is 2.43. The van der Waals surface area contributed by atoms with Gasteiger partial charge in [-0.15, -0.1) is 0 Å². The zero-order valence-electron chi connectivity index (χ0n) is 9.49. The summed E-state index contributed by atoms with van der Waals surface area (Å²) >= 11 is 0. The van der Waals surface area contributed by atoms with Crippen molar-refractivity contribution in [3.8, 4) is 0 Å². The van der Waals surface area contributed by atoms with Crippen molar-refractivity contribution in [1.82, 2.24) is 4.90 Å². The summed E-state index contributed by atoms with van der Waals surface area (Å²) in [5.74, 6) is 0.251. The number of hydrogen-bond acceptors (Lipinski definition) is 3. The van der Waals surface area contributed by atoms with E-state index in [0.29, 0.717) is 19.6 Å². The Morgan fingerprint density at radius 1 is 1.47 bits per heavy atom. The number of nitrogens with zero attached hydrogens (tertiary/aromatic N) is 1. The minimum atomic E-state index is -0.0587. The third kappa shape index (κ3) is 2.49. The molecule has 1 atom stereocenters. The van der Waals surface area contributed by atoms with Crippen molar-refractivity contribution in [2.24, 2.45) is 5.41 Å². The molecule has 1 unspecified atom stereocenters. The van der Waals surface area contributed by atoms with Crippen molar-refractivity contribution in [2.45, 2.75) is 32.5 Å². The van der Waals surface area contributed by atoms with Crippen LogP contribution >= 0.6 is 0 Å². The lowest BCUT2D eigenvalue weighted by molar-refractivity contribution is -0.139. The van der Waals surface area contributed by atoms with Crippen LogP contribution in [0.1, 0.15) is 26.2 Å². The highest BCUT2D eigenvalue weighted by atomic mass is 16.7. The number of carbonyl (C=O) groups excluding carboxylic acids is 1. The van der Waals surface area contributed by atoms with Gasteiger partial charge in [-0.05, 0) is 11.8 Å². The van der Waals surface area contributed by atoms with Gasteiger partial charge in [-0.1, -0.05) is 6.92 Å². The van der Waals surface area contributed by atoms with Gasteiger partial charge in [0.05, 0.1) is 13.2 Å². The predicted octanol–water partition coefficient (Wildman–Crippen LogP) is 1.01. The van der Waals surface area contributed by atoms with E-state index in [0.717, 1.165) is 19.4 Å². The molecule has 86 valence electrons. The molecule has 0 aliphatic carbocycles. The van der Waals surface area contributed by atoms with Gasteiger partial charge in [0.1, 0.15) is 0 Å². The molecule has 15 heavy (non-hydrogen) atoms. The van der Waals surface area contributed by atoms with E-state index in [1.54, 1.807) is 0 Å². The summed E-state index contributed by atoms with van der Waals surface area (Å²) in [6, 6.07) is 0. The van der Waals surface area contributed by atoms with E-state index < -0.39 is 0 Å². The van der Waals surface area contributed by atoms with Crippen molar-refractivity contribution >= 4 is 5.91 Å². The maximum atomic E-state index is 11.4. The fraction of sp³-hybridized carbons (Fsp3) is 0.909. The largest absolute Gasteiger partial charge is 0.350 e. The predicted molar refractivity (Wildman–Crippen MR) is 55.3 cm³/mol. The maximum Gasteiger partial charge on any atom is 0.222 e. The summed E-state index contributed by atoms with van der Waals surface area (Å²) < 4.78 is 10.9. The first-order chi connectivity index (χ1) is 7.09. The molecule has 2 aliphatic heterocycles. The second-order valence-electron chi connectivity index (χ2n) is 4.94. The van der Waals surface area contributed by atoms with Gasteiger partial charge in [0, 0.05) is 26.4 Å². The van der Waals surface area contributed by atoms with E-state index in [-0.39, 0.29) is 17.6 Å². The van der Waals surface area contributed by atoms with Crippen LogP contribution in [0.25, 0.3) is 0 Å². The summed E-state index contributed by atoms with van der Waals surface area (Å²) in [5, 5.41) is 0. The Balaban J connectivity index is 1.91. The zero-order valence-corrected chi connectivity index (χ0v) is 9.49. The average molecular weight is 213 g/mol. The van der Waals surface area contributed by atoms with E-state index in [4.69, 9.17) is 9.47 Å². The van der Waals surface area contributed by atoms with Crippen LogP contribution in [-0.4, -0.2) is 43.9 Å². The van der Waals surface area contributed by atoms with E-state index in [1.807, 2.05) is 11.9 Å². The number of likely N-dealkylation sites (tertiary alicyclic amines) is 1. The van der Waals surface area contributed by atoms with Crippen molar-refractivity contribution in [3.63, 3.8) is 0 Å². The van der Waals surface area contributed by atoms with Crippen LogP contribution in [0.5, 0.6) is 0 Å². The summed E-state index contributed by atoms with van der Waals surface area (Å²) in [6.07, 6.45) is 2.43. The van der Waals surface area contributed by atoms with Crippen molar-refractivity contribution < 1.29 is 14.3 Å². The Bertz CT molecular complexity index is 250. The molecule has 1 amide bonds. The molecule has 2 saturated heterocycles. The Morgan fingerprint density at radius 2 is 2.13 bits per heavy atom. The molecule has 2 heterocycles. The third-order valence-corrected chi connectivity index (χ3v) is 3.34. The summed E-state index contributed by atoms with van der Waals surface area (Å²) in [6.45, 7) is 4.43. The first-order valence-electron chi connectivity index (χ1n) is 5.56. The molecule has 0 aromatic rings. The van der Waals surface area contributed by atoms with Gasteiger partial charge in [0.25, 0.3) is 0 Å². The molecule has 0 aromatic heterocycles. The lowest BCUT2D eigenvalue weighted by atomic mass is 9.79. The topological polar surface area (TPSA) is 38.8 Å². The number of ether oxygens (including phenoxy) is 2. The molecule has 4 heteroatoms. The molecular formula is C11H19NO3. The van der Waals surface area contributed by atoms with Crippen LogP contribution < -0.4 is 0 Å². The minimum Gasteiger partial charge on any atom is -0.350 e. The van der Waals surface area contributed by atoms with E-state index in [1.165, 1.54) is 0 Å². The second-order valence-corrected chi connectivity index (χ2v) is 4.94. The van der Waals surface area contributed by atoms with Gasteiger partial charge in [-0.3, -0.25) is 4.79 Å². The summed E-state index contributed by atoms with van der Waals surface area (Å²) in [5.41, 5.74) is 0.150. The highest BCUT2D eigenvalue weighted by Crippen LogP contribution is 2.35. The molecule has 0 N–H and O–H groups in total. The molecule has 0 bridgehead atoms. The molecule has 0 saturated carbocycles. The molecule has 2 rings (SSSR count). The number of amides is 1. The molecule has 2 fully saturated rings. The quantitative estimate of drug-likeness (QED) is 0.687. The molecular weight excluding hydrogens is 194 g/mol. The normalized spacial score (nSPS) is 33.7. The van der Waals surface area contributed by atoms with Crippen LogP contribution in [0.2, 0.25) is 0 Å². The van der Waals surface area contributed by atoms with Crippen LogP contribution in [-0.2, 0) is 14.3 Å². The lowest BCUT2D eigenvalue weighted by Crippen LogP contribution is -2.44. The van der Waals surface area contributed by atoms with Gasteiger partial charge < -0.3 is 14.4 Å². The van der Waals surface area contributed by atoms with Gasteiger partial charge in [0.15, 0.2) is 6.29 Å². The van der Waals surface area contributed by atoms with Crippen molar-refractivity contribution in [3.05, 3.63) is 0 Å². The first kappa shape index (κ1) is 10.9. The number of rotatable bonds is 2. The van der Waals surface area contributed by atoms with Gasteiger partial charge >= 0.3 is 0 Å². The molecule has 0 radical (unpaired) electrons. The number of hydrogen-bond donors (Lipinski definition) is 0. The van der Waals surface area contributed by atoms with Gasteiger partial charge in [0.2, 0.25) is 5.91 Å². The molecule has 2 aliphatic rings. The Labute approximate surface area is 90.5 Å². The molecule has 4 nitrogen and oxygen atoms in total. The Kier molecular flexibility index (Phi) is 2.98. The van der Waals surface area contributed by atoms with Crippen LogP contribution in [0.15, 0.2) is 0 Å². The highest BCUT2D eigenvalue weighted by molar-refractivity contribution is 5.76. The Hall–Kier alpha value is -0.610. The van der Waals surface area contributed by atoms with Crippen LogP contribution in [0.4, 0.5) is 0 Å². The third-order valence-electron chi connectivity index (χ3n) is 3.34. The van der Waals surface area contributed by atoms with Gasteiger partial charge in [-0.25, -0.2) is 0 Å². The van der Waals surface area contributed by atoms with E-state index in [2.05, 4.69) is 6.92 Å². The highest BCUT2D eigenvalue weighted by Gasteiger charge is 2.36. The first-order valence-corrected chi connectivity index (χ1v) is 5.56. The van der Waals surface area contributed by atoms with E-state index >= 15 is 0 Å². The maximum absolute atomic E-state index is 11.4. The van der Waals surface area contributed by atoms with Crippen molar-refractivity contribution in [1.29, 1.82) is 0 Å². The average Bonchev–Trinajstić information content (AvgIpc) is 2.64. The number of piperidine rings is 1. The van der Waals surface area contributed by atoms with E-state index in [9.17, 15) is 4.79 Å². The van der Waals surface area contributed by atoms with Crippen LogP contribution in [0, 0.1) is 5.41 Å². The smallest absolute Gasteiger partial charge is 0.222 e. The second kappa shape index (κ2) is 4.10. The fourth-order valence-electron chi connectivity index (χ4n) is 2.43. The zero-order chi connectivity index (χ0) is 10.9. The van der Waals surface area contributed by atoms with Crippen molar-refractivity contribution in [2.75, 3.05) is 26.8 Å². The SMILES string of the molecule is CN1CC(C)(CC2OCCO2)CCC1=O. The monoisotopic (exact) mass is 213 g/mol. The van der Waals surface area contributed by atoms with Gasteiger partial charge in [-0.2, -0.15) is 0 Å². The minimum absolute atomic E-state index is 0.0587.